The molecule has 1 unspecified atom stereocenters. The van der Waals surface area contributed by atoms with E-state index in [2.05, 4.69) is 9.98 Å². The summed E-state index contributed by atoms with van der Waals surface area (Å²) in [5.41, 5.74) is 0.709. The lowest BCUT2D eigenvalue weighted by Gasteiger charge is -2.38. The summed E-state index contributed by atoms with van der Waals surface area (Å²) in [5, 5.41) is 0. The van der Waals surface area contributed by atoms with Gasteiger partial charge >= 0.3 is 0 Å². The predicted molar refractivity (Wildman–Crippen MR) is 94.2 cm³/mol. The summed E-state index contributed by atoms with van der Waals surface area (Å²) in [6.45, 7) is 0. The average molecular weight is 424 g/mol. The van der Waals surface area contributed by atoms with Crippen LogP contribution in [0.4, 0.5) is 0 Å². The van der Waals surface area contributed by atoms with Crippen LogP contribution in [0, 0.1) is 0 Å². The first-order valence-electron chi connectivity index (χ1n) is 5.81. The summed E-state index contributed by atoms with van der Waals surface area (Å²) in [5.74, 6) is 1.05. The van der Waals surface area contributed by atoms with E-state index in [1.807, 2.05) is 0 Å². The van der Waals surface area contributed by atoms with Gasteiger partial charge in [0.2, 0.25) is 3.79 Å². The maximum absolute atomic E-state index is 5.94. The molecule has 0 aliphatic carbocycles. The van der Waals surface area contributed by atoms with E-state index in [0.29, 0.717) is 17.1 Å². The van der Waals surface area contributed by atoms with Gasteiger partial charge in [-0.2, -0.15) is 0 Å². The molecule has 120 valence electrons. The Morgan fingerprint density at radius 3 is 2.09 bits per heavy atom. The Labute approximate surface area is 157 Å². The molecular formula is C12H9Cl6N3O. The molecule has 0 saturated carbocycles. The van der Waals surface area contributed by atoms with Crippen LogP contribution in [0.5, 0.6) is 5.75 Å². The standard InChI is InChI=1S/C12H9Cl6N3O/c1-22-8-4-2-7(3-5-8)9-19-6-21(12(16,17)18)10(20-9)11(13,14)15/h2-6,10H,1H3. The molecule has 1 aromatic rings. The van der Waals surface area contributed by atoms with E-state index in [0.717, 1.165) is 4.90 Å². The van der Waals surface area contributed by atoms with E-state index in [9.17, 15) is 0 Å². The van der Waals surface area contributed by atoms with Crippen molar-refractivity contribution in [1.82, 2.24) is 4.90 Å². The first kappa shape index (κ1) is 18.2. The number of benzene rings is 1. The fourth-order valence-electron chi connectivity index (χ4n) is 1.72. The van der Waals surface area contributed by atoms with Crippen LogP contribution < -0.4 is 4.74 Å². The Kier molecular flexibility index (Phi) is 5.63. The molecule has 0 bridgehead atoms. The molecule has 22 heavy (non-hydrogen) atoms. The third kappa shape index (κ3) is 4.25. The van der Waals surface area contributed by atoms with Gasteiger partial charge in [0.15, 0.2) is 12.0 Å². The van der Waals surface area contributed by atoms with Crippen LogP contribution in [-0.2, 0) is 0 Å². The molecule has 0 aromatic heterocycles. The van der Waals surface area contributed by atoms with Crippen molar-refractivity contribution in [3.8, 4) is 5.75 Å². The van der Waals surface area contributed by atoms with Gasteiger partial charge in [-0.15, -0.1) is 0 Å². The fraction of sp³-hybridized carbons (Fsp3) is 0.333. The zero-order valence-electron chi connectivity index (χ0n) is 11.0. The third-order valence-corrected chi connectivity index (χ3v) is 3.92. The van der Waals surface area contributed by atoms with Crippen molar-refractivity contribution in [1.29, 1.82) is 0 Å². The Balaban J connectivity index is 2.38. The van der Waals surface area contributed by atoms with Crippen LogP contribution in [0.15, 0.2) is 34.3 Å². The Morgan fingerprint density at radius 2 is 1.64 bits per heavy atom. The molecule has 1 heterocycles. The van der Waals surface area contributed by atoms with Gasteiger partial charge in [-0.3, -0.25) is 4.90 Å². The summed E-state index contributed by atoms with van der Waals surface area (Å²) in [6.07, 6.45) is 0.242. The van der Waals surface area contributed by atoms with Crippen molar-refractivity contribution in [2.45, 2.75) is 13.9 Å². The largest absolute Gasteiger partial charge is 0.497 e. The number of amidine groups is 1. The van der Waals surface area contributed by atoms with Gasteiger partial charge in [0, 0.05) is 5.56 Å². The van der Waals surface area contributed by atoms with E-state index >= 15 is 0 Å². The summed E-state index contributed by atoms with van der Waals surface area (Å²) in [7, 11) is 1.57. The maximum atomic E-state index is 5.94. The molecule has 0 N–H and O–H groups in total. The SMILES string of the molecule is COc1ccc(C2=NC(C(Cl)(Cl)Cl)N(C(Cl)(Cl)Cl)C=N2)cc1. The van der Waals surface area contributed by atoms with Gasteiger partial charge in [-0.1, -0.05) is 69.6 Å². The number of aliphatic imine (C=N–C) groups is 2. The summed E-state index contributed by atoms with van der Waals surface area (Å²) < 4.78 is 1.43. The highest BCUT2D eigenvalue weighted by atomic mass is 35.6. The van der Waals surface area contributed by atoms with Crippen LogP contribution in [0.25, 0.3) is 0 Å². The molecule has 1 atom stereocenters. The topological polar surface area (TPSA) is 37.2 Å². The van der Waals surface area contributed by atoms with Crippen molar-refractivity contribution in [3.63, 3.8) is 0 Å². The zero-order chi connectivity index (χ0) is 16.5. The van der Waals surface area contributed by atoms with Crippen molar-refractivity contribution in [2.75, 3.05) is 7.11 Å². The lowest BCUT2D eigenvalue weighted by molar-refractivity contribution is 0.329. The minimum absolute atomic E-state index is 0.351. The molecule has 0 spiro atoms. The number of hydrogen-bond donors (Lipinski definition) is 0. The number of hydrogen-bond acceptors (Lipinski definition) is 4. The van der Waals surface area contributed by atoms with Crippen LogP contribution >= 0.6 is 69.6 Å². The molecule has 2 rings (SSSR count). The molecular weight excluding hydrogens is 415 g/mol. The molecule has 10 heteroatoms. The van der Waals surface area contributed by atoms with Crippen molar-refractivity contribution in [3.05, 3.63) is 29.8 Å². The Hall–Kier alpha value is -0.100. The highest BCUT2D eigenvalue weighted by Crippen LogP contribution is 2.42. The van der Waals surface area contributed by atoms with Crippen LogP contribution in [0.1, 0.15) is 5.56 Å². The molecule has 0 radical (unpaired) electrons. The van der Waals surface area contributed by atoms with E-state index in [1.54, 1.807) is 31.4 Å². The maximum Gasteiger partial charge on any atom is 0.270 e. The number of alkyl halides is 6. The molecule has 0 saturated heterocycles. The van der Waals surface area contributed by atoms with Crippen molar-refractivity contribution < 1.29 is 4.74 Å². The van der Waals surface area contributed by atoms with Gasteiger partial charge < -0.3 is 4.74 Å². The minimum atomic E-state index is -1.85. The number of ether oxygens (including phenoxy) is 1. The Morgan fingerprint density at radius 1 is 1.05 bits per heavy atom. The molecule has 1 aromatic carbocycles. The monoisotopic (exact) mass is 421 g/mol. The normalized spacial score (nSPS) is 19.1. The van der Waals surface area contributed by atoms with Crippen molar-refractivity contribution in [2.24, 2.45) is 9.98 Å². The van der Waals surface area contributed by atoms with Gasteiger partial charge in [0.05, 0.1) is 13.4 Å². The molecule has 4 nitrogen and oxygen atoms in total. The summed E-state index contributed by atoms with van der Waals surface area (Å²) in [6, 6.07) is 7.07. The van der Waals surface area contributed by atoms with Gasteiger partial charge in [-0.05, 0) is 24.3 Å². The average Bonchev–Trinajstić information content (AvgIpc) is 2.45. The van der Waals surface area contributed by atoms with Gasteiger partial charge in [-0.25, -0.2) is 9.98 Å². The highest BCUT2D eigenvalue weighted by molar-refractivity contribution is 6.69. The van der Waals surface area contributed by atoms with Crippen LogP contribution in [0.3, 0.4) is 0 Å². The van der Waals surface area contributed by atoms with E-state index in [1.165, 1.54) is 6.34 Å². The second-order valence-electron chi connectivity index (χ2n) is 4.22. The number of rotatable bonds is 2. The van der Waals surface area contributed by atoms with Gasteiger partial charge in [0.25, 0.3) is 3.92 Å². The van der Waals surface area contributed by atoms with E-state index in [4.69, 9.17) is 74.3 Å². The summed E-state index contributed by atoms with van der Waals surface area (Å²) >= 11 is 35.4. The molecule has 1 aliphatic heterocycles. The molecule has 0 fully saturated rings. The minimum Gasteiger partial charge on any atom is -0.497 e. The van der Waals surface area contributed by atoms with Crippen molar-refractivity contribution >= 4 is 81.8 Å². The second kappa shape index (κ2) is 6.80. The first-order chi connectivity index (χ1) is 10.1. The molecule has 1 aliphatic rings. The zero-order valence-corrected chi connectivity index (χ0v) is 15.5. The quantitative estimate of drug-likeness (QED) is 0.505. The predicted octanol–water partition coefficient (Wildman–Crippen LogP) is 4.81. The second-order valence-corrected chi connectivity index (χ2v) is 8.81. The molecule has 0 amide bonds. The van der Waals surface area contributed by atoms with E-state index < -0.39 is 13.9 Å². The number of nitrogens with zero attached hydrogens (tertiary/aromatic N) is 3. The van der Waals surface area contributed by atoms with Crippen LogP contribution in [0.2, 0.25) is 0 Å². The lowest BCUT2D eigenvalue weighted by Crippen LogP contribution is -2.50. The number of halogens is 6. The van der Waals surface area contributed by atoms with Gasteiger partial charge in [0.1, 0.15) is 5.75 Å². The lowest BCUT2D eigenvalue weighted by atomic mass is 10.2. The summed E-state index contributed by atoms with van der Waals surface area (Å²) in [4.78, 5) is 9.57. The fourth-order valence-corrected chi connectivity index (χ4v) is 2.59. The Bertz CT molecular complexity index is 590. The smallest absolute Gasteiger partial charge is 0.270 e. The van der Waals surface area contributed by atoms with E-state index in [-0.39, 0.29) is 0 Å². The third-order valence-electron chi connectivity index (χ3n) is 2.75. The number of methoxy groups -OCH3 is 1. The van der Waals surface area contributed by atoms with Crippen LogP contribution in [-0.4, -0.2) is 38.1 Å². The highest BCUT2D eigenvalue weighted by Gasteiger charge is 2.45. The first-order valence-corrected chi connectivity index (χ1v) is 8.08.